The largest absolute Gasteiger partial charge is 0.396 e. The van der Waals surface area contributed by atoms with E-state index < -0.39 is 0 Å². The molecular weight excluding hydrogens is 182 g/mol. The predicted molar refractivity (Wildman–Crippen MR) is 52.9 cm³/mol. The van der Waals surface area contributed by atoms with Gasteiger partial charge < -0.3 is 15.2 Å². The second kappa shape index (κ2) is 6.79. The molecule has 0 aliphatic carbocycles. The molecule has 1 aliphatic heterocycles. The van der Waals surface area contributed by atoms with Gasteiger partial charge >= 0.3 is 0 Å². The number of nitrogens with one attached hydrogen (secondary N) is 1. The van der Waals surface area contributed by atoms with Crippen molar-refractivity contribution < 1.29 is 14.6 Å². The van der Waals surface area contributed by atoms with Crippen molar-refractivity contribution in [1.82, 2.24) is 5.32 Å². The van der Waals surface area contributed by atoms with Crippen LogP contribution in [0.1, 0.15) is 25.7 Å². The highest BCUT2D eigenvalue weighted by molar-refractivity contribution is 5.75. The SMILES string of the molecule is O=C(CCCCO)NCC1CCOC1. The molecule has 0 radical (unpaired) electrons. The molecule has 0 aromatic heterocycles. The predicted octanol–water partition coefficient (Wildman–Crippen LogP) is 0.302. The van der Waals surface area contributed by atoms with Gasteiger partial charge in [-0.25, -0.2) is 0 Å². The Morgan fingerprint density at radius 1 is 1.50 bits per heavy atom. The summed E-state index contributed by atoms with van der Waals surface area (Å²) < 4.78 is 5.20. The van der Waals surface area contributed by atoms with E-state index in [0.29, 0.717) is 18.8 Å². The molecule has 82 valence electrons. The molecule has 1 rings (SSSR count). The van der Waals surface area contributed by atoms with Crippen LogP contribution in [0.2, 0.25) is 0 Å². The summed E-state index contributed by atoms with van der Waals surface area (Å²) >= 11 is 0. The van der Waals surface area contributed by atoms with Crippen molar-refractivity contribution >= 4 is 5.91 Å². The molecule has 0 spiro atoms. The summed E-state index contributed by atoms with van der Waals surface area (Å²) in [6.07, 6.45) is 3.05. The molecule has 4 nitrogen and oxygen atoms in total. The van der Waals surface area contributed by atoms with Crippen molar-refractivity contribution in [1.29, 1.82) is 0 Å². The fourth-order valence-electron chi connectivity index (χ4n) is 1.49. The number of carbonyl (C=O) groups excluding carboxylic acids is 1. The Kier molecular flexibility index (Phi) is 5.56. The Balaban J connectivity index is 1.96. The van der Waals surface area contributed by atoms with Crippen LogP contribution < -0.4 is 5.32 Å². The van der Waals surface area contributed by atoms with Crippen molar-refractivity contribution in [3.05, 3.63) is 0 Å². The van der Waals surface area contributed by atoms with E-state index in [1.807, 2.05) is 0 Å². The highest BCUT2D eigenvalue weighted by Gasteiger charge is 2.15. The van der Waals surface area contributed by atoms with Crippen LogP contribution in [-0.2, 0) is 9.53 Å². The number of ether oxygens (including phenoxy) is 1. The smallest absolute Gasteiger partial charge is 0.220 e. The van der Waals surface area contributed by atoms with Crippen molar-refractivity contribution in [2.75, 3.05) is 26.4 Å². The minimum Gasteiger partial charge on any atom is -0.396 e. The molecule has 0 saturated carbocycles. The fraction of sp³-hybridized carbons (Fsp3) is 0.900. The number of hydrogen-bond acceptors (Lipinski definition) is 3. The molecular formula is C10H19NO3. The number of aliphatic hydroxyl groups excluding tert-OH is 1. The first-order valence-electron chi connectivity index (χ1n) is 5.28. The zero-order valence-electron chi connectivity index (χ0n) is 8.50. The summed E-state index contributed by atoms with van der Waals surface area (Å²) in [5, 5.41) is 11.4. The Morgan fingerprint density at radius 2 is 2.36 bits per heavy atom. The molecule has 1 heterocycles. The van der Waals surface area contributed by atoms with Gasteiger partial charge in [-0.05, 0) is 19.3 Å². The van der Waals surface area contributed by atoms with Crippen molar-refractivity contribution in [2.24, 2.45) is 5.92 Å². The normalized spacial score (nSPS) is 21.1. The second-order valence-electron chi connectivity index (χ2n) is 3.71. The van der Waals surface area contributed by atoms with Crippen LogP contribution in [0, 0.1) is 5.92 Å². The maximum atomic E-state index is 11.2. The van der Waals surface area contributed by atoms with E-state index in [9.17, 15) is 4.79 Å². The van der Waals surface area contributed by atoms with E-state index in [0.717, 1.165) is 32.6 Å². The average molecular weight is 201 g/mol. The molecule has 1 amide bonds. The van der Waals surface area contributed by atoms with Crippen molar-refractivity contribution in [2.45, 2.75) is 25.7 Å². The Bertz CT molecular complexity index is 167. The number of carbonyl (C=O) groups is 1. The van der Waals surface area contributed by atoms with Gasteiger partial charge in [0.2, 0.25) is 5.91 Å². The lowest BCUT2D eigenvalue weighted by molar-refractivity contribution is -0.121. The van der Waals surface area contributed by atoms with Gasteiger partial charge in [0.1, 0.15) is 0 Å². The summed E-state index contributed by atoms with van der Waals surface area (Å²) in [4.78, 5) is 11.2. The maximum Gasteiger partial charge on any atom is 0.220 e. The van der Waals surface area contributed by atoms with Crippen LogP contribution in [0.4, 0.5) is 0 Å². The van der Waals surface area contributed by atoms with Gasteiger partial charge in [-0.2, -0.15) is 0 Å². The minimum absolute atomic E-state index is 0.0883. The number of unbranched alkanes of at least 4 members (excludes halogenated alkanes) is 1. The standard InChI is InChI=1S/C10H19NO3/c12-5-2-1-3-10(13)11-7-9-4-6-14-8-9/h9,12H,1-8H2,(H,11,13). The van der Waals surface area contributed by atoms with Gasteiger partial charge in [-0.15, -0.1) is 0 Å². The molecule has 0 bridgehead atoms. The fourth-order valence-corrected chi connectivity index (χ4v) is 1.49. The van der Waals surface area contributed by atoms with E-state index in [4.69, 9.17) is 9.84 Å². The third-order valence-electron chi connectivity index (χ3n) is 2.42. The molecule has 1 atom stereocenters. The molecule has 0 aromatic rings. The van der Waals surface area contributed by atoms with Crippen molar-refractivity contribution in [3.63, 3.8) is 0 Å². The van der Waals surface area contributed by atoms with Gasteiger partial charge in [0.25, 0.3) is 0 Å². The van der Waals surface area contributed by atoms with Gasteiger partial charge in [-0.3, -0.25) is 4.79 Å². The first-order chi connectivity index (χ1) is 6.83. The Labute approximate surface area is 84.6 Å². The summed E-state index contributed by atoms with van der Waals surface area (Å²) in [6.45, 7) is 2.50. The minimum atomic E-state index is 0.0883. The molecule has 1 unspecified atom stereocenters. The lowest BCUT2D eigenvalue weighted by atomic mass is 10.1. The molecule has 1 saturated heterocycles. The van der Waals surface area contributed by atoms with E-state index >= 15 is 0 Å². The zero-order valence-corrected chi connectivity index (χ0v) is 8.50. The van der Waals surface area contributed by atoms with E-state index in [2.05, 4.69) is 5.32 Å². The van der Waals surface area contributed by atoms with E-state index in [-0.39, 0.29) is 12.5 Å². The topological polar surface area (TPSA) is 58.6 Å². The second-order valence-corrected chi connectivity index (χ2v) is 3.71. The average Bonchev–Trinajstić information content (AvgIpc) is 2.68. The quantitative estimate of drug-likeness (QED) is 0.608. The third-order valence-corrected chi connectivity index (χ3v) is 2.42. The highest BCUT2D eigenvalue weighted by Crippen LogP contribution is 2.10. The summed E-state index contributed by atoms with van der Waals surface area (Å²) in [6, 6.07) is 0. The summed E-state index contributed by atoms with van der Waals surface area (Å²) in [5.74, 6) is 0.585. The van der Waals surface area contributed by atoms with Crippen molar-refractivity contribution in [3.8, 4) is 0 Å². The highest BCUT2D eigenvalue weighted by atomic mass is 16.5. The van der Waals surface area contributed by atoms with Crippen LogP contribution >= 0.6 is 0 Å². The van der Waals surface area contributed by atoms with Gasteiger partial charge in [-0.1, -0.05) is 0 Å². The number of rotatable bonds is 6. The maximum absolute atomic E-state index is 11.2. The van der Waals surface area contributed by atoms with E-state index in [1.54, 1.807) is 0 Å². The van der Waals surface area contributed by atoms with Crippen LogP contribution in [0.25, 0.3) is 0 Å². The Morgan fingerprint density at radius 3 is 3.00 bits per heavy atom. The van der Waals surface area contributed by atoms with E-state index in [1.165, 1.54) is 0 Å². The lowest BCUT2D eigenvalue weighted by Gasteiger charge is -2.08. The van der Waals surface area contributed by atoms with Crippen LogP contribution in [0.15, 0.2) is 0 Å². The first-order valence-corrected chi connectivity index (χ1v) is 5.28. The van der Waals surface area contributed by atoms with Crippen LogP contribution in [0.3, 0.4) is 0 Å². The summed E-state index contributed by atoms with van der Waals surface area (Å²) in [5.41, 5.74) is 0. The third kappa shape index (κ3) is 4.58. The van der Waals surface area contributed by atoms with Gasteiger partial charge in [0, 0.05) is 32.1 Å². The number of amides is 1. The first kappa shape index (κ1) is 11.5. The lowest BCUT2D eigenvalue weighted by Crippen LogP contribution is -2.29. The number of aliphatic hydroxyl groups is 1. The molecule has 2 N–H and O–H groups in total. The monoisotopic (exact) mass is 201 g/mol. The number of hydrogen-bond donors (Lipinski definition) is 2. The molecule has 14 heavy (non-hydrogen) atoms. The Hall–Kier alpha value is -0.610. The molecule has 4 heteroatoms. The summed E-state index contributed by atoms with van der Waals surface area (Å²) in [7, 11) is 0. The molecule has 1 aliphatic rings. The molecule has 1 fully saturated rings. The molecule has 0 aromatic carbocycles. The zero-order chi connectivity index (χ0) is 10.2. The van der Waals surface area contributed by atoms with Crippen LogP contribution in [-0.4, -0.2) is 37.4 Å². The van der Waals surface area contributed by atoms with Gasteiger partial charge in [0.15, 0.2) is 0 Å². The van der Waals surface area contributed by atoms with Gasteiger partial charge in [0.05, 0.1) is 6.61 Å². The van der Waals surface area contributed by atoms with Crippen LogP contribution in [0.5, 0.6) is 0 Å².